The van der Waals surface area contributed by atoms with Gasteiger partial charge in [0.25, 0.3) is 0 Å². The fraction of sp³-hybridized carbons (Fsp3) is 0.533. The molecule has 1 aromatic rings. The molecule has 0 bridgehead atoms. The van der Waals surface area contributed by atoms with E-state index < -0.39 is 0 Å². The molecule has 2 nitrogen and oxygen atoms in total. The molecule has 0 aliphatic heterocycles. The quantitative estimate of drug-likeness (QED) is 0.432. The van der Waals surface area contributed by atoms with Crippen LogP contribution in [-0.4, -0.2) is 9.89 Å². The Morgan fingerprint density at radius 2 is 1.83 bits per heavy atom. The van der Waals surface area contributed by atoms with Crippen LogP contribution in [0.4, 0.5) is 0 Å². The van der Waals surface area contributed by atoms with Crippen molar-refractivity contribution >= 4 is 28.6 Å². The minimum Gasteiger partial charge on any atom is -0.461 e. The van der Waals surface area contributed by atoms with Crippen molar-refractivity contribution in [1.29, 1.82) is 0 Å². The van der Waals surface area contributed by atoms with Crippen molar-refractivity contribution in [2.24, 2.45) is 11.8 Å². The summed E-state index contributed by atoms with van der Waals surface area (Å²) in [6, 6.07) is 9.81. The van der Waals surface area contributed by atoms with Crippen LogP contribution in [0.5, 0.6) is 0 Å². The van der Waals surface area contributed by atoms with E-state index in [0.29, 0.717) is 16.4 Å². The zero-order chi connectivity index (χ0) is 13.5. The van der Waals surface area contributed by atoms with Crippen molar-refractivity contribution < 1.29 is 9.53 Å². The monoisotopic (exact) mass is 360 g/mol. The molecule has 1 rings (SSSR count). The van der Waals surface area contributed by atoms with E-state index in [-0.39, 0.29) is 11.9 Å². The number of ether oxygens (including phenoxy) is 1. The van der Waals surface area contributed by atoms with Crippen molar-refractivity contribution in [2.75, 3.05) is 0 Å². The minimum atomic E-state index is -0.0719. The normalized spacial score (nSPS) is 14.3. The number of halogens is 1. The van der Waals surface area contributed by atoms with E-state index in [1.165, 1.54) is 0 Å². The van der Waals surface area contributed by atoms with E-state index >= 15 is 0 Å². The second-order valence-corrected chi connectivity index (χ2v) is 7.09. The lowest BCUT2D eigenvalue weighted by atomic mass is 9.91. The highest BCUT2D eigenvalue weighted by molar-refractivity contribution is 14.1. The molecular formula is C15H21IO2. The Labute approximate surface area is 123 Å². The molecule has 2 unspecified atom stereocenters. The topological polar surface area (TPSA) is 26.3 Å². The lowest BCUT2D eigenvalue weighted by Gasteiger charge is -2.20. The molecule has 18 heavy (non-hydrogen) atoms. The first-order valence-corrected chi connectivity index (χ1v) is 7.60. The molecule has 100 valence electrons. The number of carbonyl (C=O) groups is 1. The first-order valence-electron chi connectivity index (χ1n) is 6.35. The van der Waals surface area contributed by atoms with Gasteiger partial charge in [-0.2, -0.15) is 0 Å². The lowest BCUT2D eigenvalue weighted by Crippen LogP contribution is -2.24. The van der Waals surface area contributed by atoms with Gasteiger partial charge in [0.1, 0.15) is 6.61 Å². The summed E-state index contributed by atoms with van der Waals surface area (Å²) in [6.45, 7) is 6.65. The summed E-state index contributed by atoms with van der Waals surface area (Å²) in [5.74, 6) is 0.253. The van der Waals surface area contributed by atoms with Gasteiger partial charge < -0.3 is 4.74 Å². The van der Waals surface area contributed by atoms with Crippen LogP contribution >= 0.6 is 22.6 Å². The third-order valence-electron chi connectivity index (χ3n) is 2.91. The second kappa shape index (κ2) is 7.77. The minimum absolute atomic E-state index is 0.000567. The number of hydrogen-bond acceptors (Lipinski definition) is 2. The third-order valence-corrected chi connectivity index (χ3v) is 3.42. The highest BCUT2D eigenvalue weighted by atomic mass is 127. The number of esters is 1. The Morgan fingerprint density at radius 3 is 2.33 bits per heavy atom. The smallest absolute Gasteiger partial charge is 0.309 e. The number of rotatable bonds is 6. The number of hydrogen-bond donors (Lipinski definition) is 0. The highest BCUT2D eigenvalue weighted by Gasteiger charge is 2.25. The van der Waals surface area contributed by atoms with E-state index in [9.17, 15) is 4.79 Å². The van der Waals surface area contributed by atoms with Crippen LogP contribution in [0, 0.1) is 11.8 Å². The van der Waals surface area contributed by atoms with Gasteiger partial charge in [-0.3, -0.25) is 4.79 Å². The molecule has 2 atom stereocenters. The summed E-state index contributed by atoms with van der Waals surface area (Å²) in [7, 11) is 0. The first-order chi connectivity index (χ1) is 8.50. The molecule has 0 radical (unpaired) electrons. The molecule has 0 aliphatic rings. The SMILES string of the molecule is CC(I)CC(C(=O)OCc1ccccc1)C(C)C. The molecule has 0 N–H and O–H groups in total. The standard InChI is InChI=1S/C15H21IO2/c1-11(2)14(9-12(3)16)15(17)18-10-13-7-5-4-6-8-13/h4-8,11-12,14H,9-10H2,1-3H3. The van der Waals surface area contributed by atoms with Crippen LogP contribution in [0.2, 0.25) is 0 Å². The molecule has 0 spiro atoms. The van der Waals surface area contributed by atoms with E-state index in [1.807, 2.05) is 30.3 Å². The molecule has 0 saturated heterocycles. The molecule has 1 aromatic carbocycles. The van der Waals surface area contributed by atoms with E-state index in [4.69, 9.17) is 4.74 Å². The zero-order valence-electron chi connectivity index (χ0n) is 11.2. The summed E-state index contributed by atoms with van der Waals surface area (Å²) >= 11 is 2.36. The lowest BCUT2D eigenvalue weighted by molar-refractivity contribution is -0.151. The summed E-state index contributed by atoms with van der Waals surface area (Å²) in [5, 5.41) is 0. The van der Waals surface area contributed by atoms with Crippen LogP contribution in [-0.2, 0) is 16.1 Å². The molecule has 0 fully saturated rings. The number of alkyl halides is 1. The fourth-order valence-electron chi connectivity index (χ4n) is 1.83. The average Bonchev–Trinajstić information content (AvgIpc) is 2.34. The fourth-order valence-corrected chi connectivity index (χ4v) is 2.37. The van der Waals surface area contributed by atoms with E-state index in [2.05, 4.69) is 43.4 Å². The van der Waals surface area contributed by atoms with Gasteiger partial charge in [0.05, 0.1) is 5.92 Å². The van der Waals surface area contributed by atoms with E-state index in [1.54, 1.807) is 0 Å². The molecule has 0 amide bonds. The average molecular weight is 360 g/mol. The number of benzene rings is 1. The van der Waals surface area contributed by atoms with Gasteiger partial charge in [0.15, 0.2) is 0 Å². The third kappa shape index (κ3) is 5.38. The first kappa shape index (κ1) is 15.5. The van der Waals surface area contributed by atoms with Crippen LogP contribution in [0.15, 0.2) is 30.3 Å². The van der Waals surface area contributed by atoms with Crippen molar-refractivity contribution in [2.45, 2.75) is 37.7 Å². The van der Waals surface area contributed by atoms with Gasteiger partial charge in [-0.05, 0) is 17.9 Å². The van der Waals surface area contributed by atoms with Gasteiger partial charge in [-0.1, -0.05) is 73.7 Å². The predicted octanol–water partition coefficient (Wildman–Crippen LogP) is 4.22. The van der Waals surface area contributed by atoms with Gasteiger partial charge in [-0.25, -0.2) is 0 Å². The largest absolute Gasteiger partial charge is 0.461 e. The number of carbonyl (C=O) groups excluding carboxylic acids is 1. The van der Waals surface area contributed by atoms with Gasteiger partial charge in [0, 0.05) is 3.92 Å². The molecular weight excluding hydrogens is 339 g/mol. The van der Waals surface area contributed by atoms with Gasteiger partial charge in [0.2, 0.25) is 0 Å². The van der Waals surface area contributed by atoms with Crippen LogP contribution < -0.4 is 0 Å². The van der Waals surface area contributed by atoms with Crippen LogP contribution in [0.3, 0.4) is 0 Å². The maximum absolute atomic E-state index is 12.1. The Balaban J connectivity index is 2.52. The molecule has 0 saturated carbocycles. The van der Waals surface area contributed by atoms with Crippen LogP contribution in [0.25, 0.3) is 0 Å². The maximum atomic E-state index is 12.1. The summed E-state index contributed by atoms with van der Waals surface area (Å²) < 4.78 is 5.90. The predicted molar refractivity (Wildman–Crippen MR) is 82.7 cm³/mol. The Kier molecular flexibility index (Phi) is 6.68. The van der Waals surface area contributed by atoms with Crippen molar-refractivity contribution in [3.8, 4) is 0 Å². The maximum Gasteiger partial charge on any atom is 0.309 e. The molecule has 0 heterocycles. The van der Waals surface area contributed by atoms with Crippen molar-refractivity contribution in [3.05, 3.63) is 35.9 Å². The Hall–Kier alpha value is -0.580. The second-order valence-electron chi connectivity index (χ2n) is 4.96. The van der Waals surface area contributed by atoms with Gasteiger partial charge in [-0.15, -0.1) is 0 Å². The van der Waals surface area contributed by atoms with Crippen molar-refractivity contribution in [1.82, 2.24) is 0 Å². The zero-order valence-corrected chi connectivity index (χ0v) is 13.4. The molecule has 0 aromatic heterocycles. The summed E-state index contributed by atoms with van der Waals surface area (Å²) in [6.07, 6.45) is 0.881. The molecule has 0 aliphatic carbocycles. The Bertz CT molecular complexity index is 360. The van der Waals surface area contributed by atoms with Crippen molar-refractivity contribution in [3.63, 3.8) is 0 Å². The highest BCUT2D eigenvalue weighted by Crippen LogP contribution is 2.22. The van der Waals surface area contributed by atoms with Crippen LogP contribution in [0.1, 0.15) is 32.8 Å². The Morgan fingerprint density at radius 1 is 1.22 bits per heavy atom. The van der Waals surface area contributed by atoms with Gasteiger partial charge >= 0.3 is 5.97 Å². The molecule has 3 heteroatoms. The van der Waals surface area contributed by atoms with E-state index in [0.717, 1.165) is 12.0 Å². The summed E-state index contributed by atoms with van der Waals surface area (Å²) in [5.41, 5.74) is 1.04. The summed E-state index contributed by atoms with van der Waals surface area (Å²) in [4.78, 5) is 12.1.